The molecule has 0 radical (unpaired) electrons. The number of ether oxygens (including phenoxy) is 1. The molecule has 0 aromatic rings. The lowest BCUT2D eigenvalue weighted by Gasteiger charge is -2.44. The summed E-state index contributed by atoms with van der Waals surface area (Å²) in [5.41, 5.74) is 0. The molecule has 124 valence electrons. The predicted octanol–water partition coefficient (Wildman–Crippen LogP) is 0.494. The molecule has 3 aliphatic heterocycles. The monoisotopic (exact) mass is 308 g/mol. The number of carbonyl (C=O) groups is 1. The highest BCUT2D eigenvalue weighted by Gasteiger charge is 2.46. The van der Waals surface area contributed by atoms with E-state index in [-0.39, 0.29) is 18.4 Å². The van der Waals surface area contributed by atoms with Crippen molar-refractivity contribution >= 4 is 6.09 Å². The Labute approximate surface area is 132 Å². The minimum Gasteiger partial charge on any atom is -0.442 e. The molecule has 0 aromatic carbocycles. The van der Waals surface area contributed by atoms with Crippen LogP contribution >= 0.6 is 0 Å². The highest BCUT2D eigenvalue weighted by Crippen LogP contribution is 2.39. The van der Waals surface area contributed by atoms with Crippen LogP contribution in [0, 0.1) is 11.8 Å². The fourth-order valence-electron chi connectivity index (χ4n) is 4.98. The maximum Gasteiger partial charge on any atom is 0.408 e. The number of carbonyl (C=O) groups excluding carboxylic acids is 1. The Morgan fingerprint density at radius 2 is 1.95 bits per heavy atom. The lowest BCUT2D eigenvalue weighted by molar-refractivity contribution is 0.00911. The molecule has 4 fully saturated rings. The SMILES string of the molecule is O=C1NC2NCCC(C3CCCC(N4CCNCC4)C3)C2O1. The first-order valence-electron chi connectivity index (χ1n) is 8.96. The van der Waals surface area contributed by atoms with Crippen LogP contribution in [0.25, 0.3) is 0 Å². The molecular formula is C16H28N4O2. The van der Waals surface area contributed by atoms with Crippen LogP contribution in [0.15, 0.2) is 0 Å². The normalized spacial score (nSPS) is 43.3. The van der Waals surface area contributed by atoms with E-state index in [1.807, 2.05) is 0 Å². The summed E-state index contributed by atoms with van der Waals surface area (Å²) in [4.78, 5) is 14.2. The lowest BCUT2D eigenvalue weighted by atomic mass is 9.72. The quantitative estimate of drug-likeness (QED) is 0.693. The van der Waals surface area contributed by atoms with Gasteiger partial charge in [0.2, 0.25) is 0 Å². The number of nitrogens with one attached hydrogen (secondary N) is 3. The molecule has 3 N–H and O–H groups in total. The van der Waals surface area contributed by atoms with Gasteiger partial charge < -0.3 is 15.4 Å². The molecule has 1 amide bonds. The molecular weight excluding hydrogens is 280 g/mol. The first-order valence-corrected chi connectivity index (χ1v) is 8.96. The van der Waals surface area contributed by atoms with Crippen molar-refractivity contribution in [2.45, 2.75) is 50.4 Å². The molecule has 5 unspecified atom stereocenters. The van der Waals surface area contributed by atoms with E-state index in [1.165, 1.54) is 38.8 Å². The first kappa shape index (κ1) is 14.7. The second-order valence-electron chi connectivity index (χ2n) is 7.27. The fourth-order valence-corrected chi connectivity index (χ4v) is 4.98. The third-order valence-corrected chi connectivity index (χ3v) is 6.07. The number of rotatable bonds is 2. The molecule has 6 heteroatoms. The number of fused-ring (bicyclic) bond motifs is 1. The van der Waals surface area contributed by atoms with E-state index in [1.54, 1.807) is 0 Å². The molecule has 4 rings (SSSR count). The molecule has 1 aliphatic carbocycles. The molecule has 3 saturated heterocycles. The van der Waals surface area contributed by atoms with Crippen molar-refractivity contribution in [1.82, 2.24) is 20.9 Å². The van der Waals surface area contributed by atoms with Gasteiger partial charge in [0.15, 0.2) is 0 Å². The van der Waals surface area contributed by atoms with E-state index in [2.05, 4.69) is 20.9 Å². The maximum absolute atomic E-state index is 11.6. The maximum atomic E-state index is 11.6. The Balaban J connectivity index is 1.41. The second kappa shape index (κ2) is 6.34. The van der Waals surface area contributed by atoms with Crippen molar-refractivity contribution < 1.29 is 9.53 Å². The summed E-state index contributed by atoms with van der Waals surface area (Å²) in [7, 11) is 0. The van der Waals surface area contributed by atoms with Gasteiger partial charge >= 0.3 is 6.09 Å². The van der Waals surface area contributed by atoms with E-state index < -0.39 is 0 Å². The van der Waals surface area contributed by atoms with Crippen LogP contribution < -0.4 is 16.0 Å². The second-order valence-corrected chi connectivity index (χ2v) is 7.27. The van der Waals surface area contributed by atoms with Crippen LogP contribution in [0.2, 0.25) is 0 Å². The first-order chi connectivity index (χ1) is 10.8. The van der Waals surface area contributed by atoms with Gasteiger partial charge in [0.25, 0.3) is 0 Å². The molecule has 22 heavy (non-hydrogen) atoms. The summed E-state index contributed by atoms with van der Waals surface area (Å²) in [6, 6.07) is 0.735. The van der Waals surface area contributed by atoms with Gasteiger partial charge in [0.1, 0.15) is 12.3 Å². The Bertz CT molecular complexity index is 413. The summed E-state index contributed by atoms with van der Waals surface area (Å²) in [5.74, 6) is 1.23. The molecule has 3 heterocycles. The molecule has 5 atom stereocenters. The van der Waals surface area contributed by atoms with Gasteiger partial charge in [0.05, 0.1) is 0 Å². The Morgan fingerprint density at radius 3 is 2.82 bits per heavy atom. The average Bonchev–Trinajstić information content (AvgIpc) is 2.96. The zero-order chi connectivity index (χ0) is 14.9. The number of hydrogen-bond donors (Lipinski definition) is 3. The van der Waals surface area contributed by atoms with Crippen molar-refractivity contribution in [3.8, 4) is 0 Å². The smallest absolute Gasteiger partial charge is 0.408 e. The zero-order valence-corrected chi connectivity index (χ0v) is 13.2. The van der Waals surface area contributed by atoms with Gasteiger partial charge in [0, 0.05) is 38.1 Å². The Kier molecular flexibility index (Phi) is 4.24. The largest absolute Gasteiger partial charge is 0.442 e. The van der Waals surface area contributed by atoms with Crippen LogP contribution in [0.1, 0.15) is 32.1 Å². The Hall–Kier alpha value is -0.850. The van der Waals surface area contributed by atoms with E-state index in [0.717, 1.165) is 32.1 Å². The predicted molar refractivity (Wildman–Crippen MR) is 83.5 cm³/mol. The molecule has 4 aliphatic rings. The Morgan fingerprint density at radius 1 is 1.09 bits per heavy atom. The third-order valence-electron chi connectivity index (χ3n) is 6.07. The van der Waals surface area contributed by atoms with E-state index in [9.17, 15) is 4.79 Å². The minimum atomic E-state index is -0.246. The van der Waals surface area contributed by atoms with Gasteiger partial charge in [-0.15, -0.1) is 0 Å². The molecule has 0 spiro atoms. The van der Waals surface area contributed by atoms with Gasteiger partial charge in [-0.2, -0.15) is 0 Å². The van der Waals surface area contributed by atoms with Crippen LogP contribution in [-0.2, 0) is 4.74 Å². The summed E-state index contributed by atoms with van der Waals surface area (Å²) in [6.45, 7) is 5.62. The van der Waals surface area contributed by atoms with Gasteiger partial charge in [-0.1, -0.05) is 6.42 Å². The highest BCUT2D eigenvalue weighted by atomic mass is 16.6. The van der Waals surface area contributed by atoms with E-state index >= 15 is 0 Å². The van der Waals surface area contributed by atoms with E-state index in [0.29, 0.717) is 11.8 Å². The third kappa shape index (κ3) is 2.84. The molecule has 0 bridgehead atoms. The standard InChI is InChI=1S/C16H28N4O2/c21-16-19-15-14(22-16)13(4-5-18-15)11-2-1-3-12(10-11)20-8-6-17-7-9-20/h11-15,17-18H,1-10H2,(H,19,21). The number of amides is 1. The topological polar surface area (TPSA) is 65.6 Å². The number of piperidine rings is 1. The van der Waals surface area contributed by atoms with Gasteiger partial charge in [-0.05, 0) is 38.1 Å². The van der Waals surface area contributed by atoms with Gasteiger partial charge in [-0.3, -0.25) is 10.2 Å². The van der Waals surface area contributed by atoms with Crippen LogP contribution in [0.3, 0.4) is 0 Å². The number of hydrogen-bond acceptors (Lipinski definition) is 5. The van der Waals surface area contributed by atoms with Crippen LogP contribution in [0.5, 0.6) is 0 Å². The average molecular weight is 308 g/mol. The molecule has 6 nitrogen and oxygen atoms in total. The van der Waals surface area contributed by atoms with Crippen LogP contribution in [0.4, 0.5) is 4.79 Å². The van der Waals surface area contributed by atoms with Crippen molar-refractivity contribution in [3.05, 3.63) is 0 Å². The summed E-state index contributed by atoms with van der Waals surface area (Å²) >= 11 is 0. The number of alkyl carbamates (subject to hydrolysis) is 1. The zero-order valence-electron chi connectivity index (χ0n) is 13.2. The lowest BCUT2D eigenvalue weighted by Crippen LogP contribution is -2.55. The number of piperazine rings is 1. The van der Waals surface area contributed by atoms with Crippen molar-refractivity contribution in [1.29, 1.82) is 0 Å². The van der Waals surface area contributed by atoms with Crippen molar-refractivity contribution in [2.75, 3.05) is 32.7 Å². The van der Waals surface area contributed by atoms with Crippen LogP contribution in [-0.4, -0.2) is 62.0 Å². The van der Waals surface area contributed by atoms with Crippen molar-refractivity contribution in [2.24, 2.45) is 11.8 Å². The minimum absolute atomic E-state index is 0.0332. The van der Waals surface area contributed by atoms with Crippen molar-refractivity contribution in [3.63, 3.8) is 0 Å². The van der Waals surface area contributed by atoms with Gasteiger partial charge in [-0.25, -0.2) is 4.79 Å². The van der Waals surface area contributed by atoms with E-state index in [4.69, 9.17) is 4.74 Å². The summed E-state index contributed by atoms with van der Waals surface area (Å²) in [5, 5.41) is 9.74. The fraction of sp³-hybridized carbons (Fsp3) is 0.938. The summed E-state index contributed by atoms with van der Waals surface area (Å²) < 4.78 is 5.58. The molecule has 0 aromatic heterocycles. The summed E-state index contributed by atoms with van der Waals surface area (Å²) in [6.07, 6.45) is 6.20. The highest BCUT2D eigenvalue weighted by molar-refractivity contribution is 5.70. The molecule has 1 saturated carbocycles. The number of nitrogens with zero attached hydrogens (tertiary/aromatic N) is 1.